The van der Waals surface area contributed by atoms with Gasteiger partial charge in [-0.25, -0.2) is 9.97 Å². The highest BCUT2D eigenvalue weighted by Crippen LogP contribution is 2.21. The maximum atomic E-state index is 12.1. The summed E-state index contributed by atoms with van der Waals surface area (Å²) in [6.45, 7) is 3.96. The van der Waals surface area contributed by atoms with Crippen LogP contribution in [0.2, 0.25) is 0 Å². The minimum Gasteiger partial charge on any atom is -0.349 e. The van der Waals surface area contributed by atoms with Gasteiger partial charge in [-0.1, -0.05) is 31.2 Å². The van der Waals surface area contributed by atoms with Crippen LogP contribution in [0.5, 0.6) is 0 Å². The van der Waals surface area contributed by atoms with Gasteiger partial charge in [0.15, 0.2) is 0 Å². The van der Waals surface area contributed by atoms with Crippen molar-refractivity contribution in [2.45, 2.75) is 19.9 Å². The molecule has 0 fully saturated rings. The van der Waals surface area contributed by atoms with Gasteiger partial charge >= 0.3 is 0 Å². The van der Waals surface area contributed by atoms with E-state index in [0.29, 0.717) is 0 Å². The van der Waals surface area contributed by atoms with Crippen molar-refractivity contribution < 1.29 is 4.79 Å². The van der Waals surface area contributed by atoms with Crippen LogP contribution >= 0.6 is 11.8 Å². The SMILES string of the molecule is CSC[C@@H](C)C(=O)N[C@@H](C)c1ccc(-c2cncnc2)cc1. The summed E-state index contributed by atoms with van der Waals surface area (Å²) in [6, 6.07) is 8.13. The second kappa shape index (κ2) is 7.94. The number of hydrogen-bond donors (Lipinski definition) is 1. The van der Waals surface area contributed by atoms with E-state index in [4.69, 9.17) is 0 Å². The third-order valence-electron chi connectivity index (χ3n) is 3.53. The van der Waals surface area contributed by atoms with Gasteiger partial charge in [0.2, 0.25) is 5.91 Å². The van der Waals surface area contributed by atoms with Gasteiger partial charge in [-0.15, -0.1) is 0 Å². The third kappa shape index (κ3) is 4.31. The summed E-state index contributed by atoms with van der Waals surface area (Å²) >= 11 is 1.69. The fourth-order valence-electron chi connectivity index (χ4n) is 2.18. The van der Waals surface area contributed by atoms with Crippen molar-refractivity contribution >= 4 is 17.7 Å². The second-order valence-electron chi connectivity index (χ2n) is 5.34. The fraction of sp³-hybridized carbons (Fsp3) is 0.353. The molecule has 0 aliphatic carbocycles. The molecule has 1 aromatic carbocycles. The Morgan fingerprint density at radius 3 is 2.36 bits per heavy atom. The van der Waals surface area contributed by atoms with Crippen LogP contribution in [0, 0.1) is 5.92 Å². The number of rotatable bonds is 6. The summed E-state index contributed by atoms with van der Waals surface area (Å²) in [6.07, 6.45) is 7.11. The Bertz CT molecular complexity index is 601. The highest BCUT2D eigenvalue weighted by atomic mass is 32.2. The molecule has 0 aliphatic rings. The van der Waals surface area contributed by atoms with Crippen LogP contribution in [-0.4, -0.2) is 27.9 Å². The number of amides is 1. The summed E-state index contributed by atoms with van der Waals surface area (Å²) in [7, 11) is 0. The lowest BCUT2D eigenvalue weighted by molar-refractivity contribution is -0.124. The lowest BCUT2D eigenvalue weighted by Crippen LogP contribution is -2.32. The number of carbonyl (C=O) groups excluding carboxylic acids is 1. The number of nitrogens with zero attached hydrogens (tertiary/aromatic N) is 2. The zero-order chi connectivity index (χ0) is 15.9. The molecule has 2 aromatic rings. The van der Waals surface area contributed by atoms with E-state index in [1.165, 1.54) is 6.33 Å². The van der Waals surface area contributed by atoms with Crippen LogP contribution in [-0.2, 0) is 4.79 Å². The van der Waals surface area contributed by atoms with Crippen LogP contribution in [0.15, 0.2) is 43.0 Å². The van der Waals surface area contributed by atoms with Gasteiger partial charge in [-0.2, -0.15) is 11.8 Å². The van der Waals surface area contributed by atoms with E-state index in [-0.39, 0.29) is 17.9 Å². The molecular weight excluding hydrogens is 294 g/mol. The first-order valence-corrected chi connectivity index (χ1v) is 8.66. The molecule has 4 nitrogen and oxygen atoms in total. The standard InChI is InChI=1S/C17H21N3OS/c1-12(10-22-3)17(21)20-13(2)14-4-6-15(7-5-14)16-8-18-11-19-9-16/h4-9,11-13H,10H2,1-3H3,(H,20,21)/t12-,13+/m1/s1. The monoisotopic (exact) mass is 315 g/mol. The van der Waals surface area contributed by atoms with E-state index >= 15 is 0 Å². The molecule has 5 heteroatoms. The molecular formula is C17H21N3OS. The summed E-state index contributed by atoms with van der Waals surface area (Å²) in [4.78, 5) is 20.1. The minimum atomic E-state index is -0.00196. The molecule has 1 N–H and O–H groups in total. The normalized spacial score (nSPS) is 13.4. The van der Waals surface area contributed by atoms with Crippen LogP contribution < -0.4 is 5.32 Å². The van der Waals surface area contributed by atoms with Gasteiger partial charge in [-0.05, 0) is 24.3 Å². The maximum absolute atomic E-state index is 12.1. The Labute approximate surface area is 135 Å². The highest BCUT2D eigenvalue weighted by molar-refractivity contribution is 7.98. The van der Waals surface area contributed by atoms with Crippen LogP contribution in [0.1, 0.15) is 25.5 Å². The van der Waals surface area contributed by atoms with Crippen molar-refractivity contribution in [2.24, 2.45) is 5.92 Å². The minimum absolute atomic E-state index is 0.00196. The van der Waals surface area contributed by atoms with Crippen molar-refractivity contribution in [3.8, 4) is 11.1 Å². The molecule has 116 valence electrons. The molecule has 0 radical (unpaired) electrons. The number of hydrogen-bond acceptors (Lipinski definition) is 4. The molecule has 0 aliphatic heterocycles. The predicted octanol–water partition coefficient (Wildman–Crippen LogP) is 3.32. The van der Waals surface area contributed by atoms with Crippen LogP contribution in [0.25, 0.3) is 11.1 Å². The quantitative estimate of drug-likeness (QED) is 0.888. The zero-order valence-electron chi connectivity index (χ0n) is 13.1. The maximum Gasteiger partial charge on any atom is 0.224 e. The van der Waals surface area contributed by atoms with Crippen molar-refractivity contribution in [1.82, 2.24) is 15.3 Å². The second-order valence-corrected chi connectivity index (χ2v) is 6.25. The molecule has 2 rings (SSSR count). The number of thioether (sulfide) groups is 1. The first kappa shape index (κ1) is 16.5. The fourth-order valence-corrected chi connectivity index (χ4v) is 2.83. The van der Waals surface area contributed by atoms with Gasteiger partial charge in [-0.3, -0.25) is 4.79 Å². The summed E-state index contributed by atoms with van der Waals surface area (Å²) in [5.41, 5.74) is 3.14. The molecule has 2 atom stereocenters. The topological polar surface area (TPSA) is 54.9 Å². The summed E-state index contributed by atoms with van der Waals surface area (Å²) in [5.74, 6) is 0.964. The summed E-state index contributed by atoms with van der Waals surface area (Å²) < 4.78 is 0. The molecule has 1 aromatic heterocycles. The van der Waals surface area contributed by atoms with Gasteiger partial charge in [0, 0.05) is 29.6 Å². The van der Waals surface area contributed by atoms with E-state index in [2.05, 4.69) is 15.3 Å². The average Bonchev–Trinajstić information content (AvgIpc) is 2.56. The number of aromatic nitrogens is 2. The Morgan fingerprint density at radius 1 is 1.14 bits per heavy atom. The van der Waals surface area contributed by atoms with Gasteiger partial charge in [0.05, 0.1) is 6.04 Å². The van der Waals surface area contributed by atoms with Gasteiger partial charge in [0.1, 0.15) is 6.33 Å². The van der Waals surface area contributed by atoms with E-state index < -0.39 is 0 Å². The molecule has 1 heterocycles. The number of benzene rings is 1. The number of nitrogens with one attached hydrogen (secondary N) is 1. The largest absolute Gasteiger partial charge is 0.349 e. The third-order valence-corrected chi connectivity index (χ3v) is 4.36. The molecule has 0 saturated carbocycles. The first-order chi connectivity index (χ1) is 10.6. The lowest BCUT2D eigenvalue weighted by Gasteiger charge is -2.17. The molecule has 0 bridgehead atoms. The van der Waals surface area contributed by atoms with E-state index in [1.54, 1.807) is 24.2 Å². The smallest absolute Gasteiger partial charge is 0.224 e. The molecule has 22 heavy (non-hydrogen) atoms. The molecule has 0 unspecified atom stereocenters. The Balaban J connectivity index is 2.02. The Kier molecular flexibility index (Phi) is 5.95. The summed E-state index contributed by atoms with van der Waals surface area (Å²) in [5, 5.41) is 3.06. The van der Waals surface area contributed by atoms with Gasteiger partial charge in [0.25, 0.3) is 0 Å². The Morgan fingerprint density at radius 2 is 1.77 bits per heavy atom. The predicted molar refractivity (Wildman–Crippen MR) is 91.6 cm³/mol. The highest BCUT2D eigenvalue weighted by Gasteiger charge is 2.15. The van der Waals surface area contributed by atoms with Crippen LogP contribution in [0.3, 0.4) is 0 Å². The van der Waals surface area contributed by atoms with Crippen molar-refractivity contribution in [3.05, 3.63) is 48.5 Å². The zero-order valence-corrected chi connectivity index (χ0v) is 13.9. The van der Waals surface area contributed by atoms with Crippen molar-refractivity contribution in [2.75, 3.05) is 12.0 Å². The van der Waals surface area contributed by atoms with E-state index in [0.717, 1.165) is 22.4 Å². The van der Waals surface area contributed by atoms with Gasteiger partial charge < -0.3 is 5.32 Å². The lowest BCUT2D eigenvalue weighted by atomic mass is 10.0. The Hall–Kier alpha value is -1.88. The van der Waals surface area contributed by atoms with Crippen molar-refractivity contribution in [3.63, 3.8) is 0 Å². The van der Waals surface area contributed by atoms with Crippen LogP contribution in [0.4, 0.5) is 0 Å². The molecule has 0 saturated heterocycles. The molecule has 1 amide bonds. The van der Waals surface area contributed by atoms with Crippen molar-refractivity contribution in [1.29, 1.82) is 0 Å². The van der Waals surface area contributed by atoms with E-state index in [9.17, 15) is 4.79 Å². The van der Waals surface area contributed by atoms with E-state index in [1.807, 2.05) is 44.4 Å². The first-order valence-electron chi connectivity index (χ1n) is 7.26. The number of carbonyl (C=O) groups is 1. The average molecular weight is 315 g/mol. The molecule has 0 spiro atoms.